The Labute approximate surface area is 397 Å². The molecule has 0 saturated heterocycles. The van der Waals surface area contributed by atoms with E-state index in [1.165, 1.54) is 66.3 Å². The molecule has 0 radical (unpaired) electrons. The molecule has 3 heterocycles. The van der Waals surface area contributed by atoms with Gasteiger partial charge < -0.3 is 9.47 Å². The molecule has 2 unspecified atom stereocenters. The van der Waals surface area contributed by atoms with Crippen LogP contribution in [0.5, 0.6) is 0 Å². The summed E-state index contributed by atoms with van der Waals surface area (Å²) in [5, 5.41) is 5.38. The summed E-state index contributed by atoms with van der Waals surface area (Å²) in [4.78, 5) is 16.5. The van der Waals surface area contributed by atoms with Crippen LogP contribution in [0.3, 0.4) is 0 Å². The van der Waals surface area contributed by atoms with Crippen LogP contribution in [0, 0.1) is 0 Å². The van der Waals surface area contributed by atoms with Crippen LogP contribution in [-0.2, 0) is 10.8 Å². The molecule has 1 aromatic heterocycles. The fraction of sp³-hybridized carbons (Fsp3) is 0.0625. The van der Waals surface area contributed by atoms with Gasteiger partial charge in [-0.15, -0.1) is 0 Å². The van der Waals surface area contributed by atoms with E-state index in [0.717, 1.165) is 49.8 Å². The lowest BCUT2D eigenvalue weighted by Crippen LogP contribution is -2.50. The molecule has 0 fully saturated rings. The molecule has 0 saturated carbocycles. The average Bonchev–Trinajstić information content (AvgIpc) is 3.86. The summed E-state index contributed by atoms with van der Waals surface area (Å²) in [7, 11) is -3.21. The van der Waals surface area contributed by atoms with Crippen molar-refractivity contribution in [3.8, 4) is 27.9 Å². The predicted molar refractivity (Wildman–Crippen MR) is 285 cm³/mol. The molecule has 4 heteroatoms. The molecule has 1 aliphatic carbocycles. The summed E-state index contributed by atoms with van der Waals surface area (Å²) in [5.74, 6) is 0. The minimum Gasteiger partial charge on any atom is -0.310 e. The number of fused-ring (bicyclic) bond motifs is 14. The van der Waals surface area contributed by atoms with Crippen LogP contribution in [0.1, 0.15) is 47.2 Å². The van der Waals surface area contributed by atoms with E-state index >= 15 is 0 Å². The van der Waals surface area contributed by atoms with Crippen molar-refractivity contribution in [1.82, 2.24) is 4.57 Å². The first-order valence-corrected chi connectivity index (χ1v) is 25.4. The van der Waals surface area contributed by atoms with E-state index in [2.05, 4.69) is 254 Å². The summed E-state index contributed by atoms with van der Waals surface area (Å²) in [6.07, 6.45) is 0. The highest BCUT2D eigenvalue weighted by Crippen LogP contribution is 2.64. The number of nitrogens with zero attached hydrogens (tertiary/aromatic N) is 2. The van der Waals surface area contributed by atoms with Gasteiger partial charge in [0.15, 0.2) is 0 Å². The molecular weight excluding hydrogens is 844 g/mol. The van der Waals surface area contributed by atoms with E-state index in [-0.39, 0.29) is 5.41 Å². The standard InChI is InChI=1S/C64H46N2OP/c1-63(2)52-25-11-9-22-48(52)49-38-36-45(40-56(49)63)65(44-34-32-43(33-35-44)42-18-5-3-6-19-42)46-37-39-61-57(41-46)64(54-27-13-16-31-60(54)68(61,67)47-20-7-4-8-21-47)53-26-12-15-30-59(53)66-58-29-14-10-23-50(58)51-24-17-28-55(64)62(51)66/h3-41,67H,1-2H3/q+1. The Morgan fingerprint density at radius 2 is 0.971 bits per heavy atom. The Morgan fingerprint density at radius 1 is 0.412 bits per heavy atom. The Hall–Kier alpha value is -7.81. The van der Waals surface area contributed by atoms with Gasteiger partial charge in [-0.2, -0.15) is 0 Å². The van der Waals surface area contributed by atoms with Crippen molar-refractivity contribution < 1.29 is 4.89 Å². The maximum Gasteiger partial charge on any atom is 0.239 e. The van der Waals surface area contributed by atoms with E-state index in [0.29, 0.717) is 0 Å². The quantitative estimate of drug-likeness (QED) is 0.174. The van der Waals surface area contributed by atoms with Gasteiger partial charge in [-0.25, -0.2) is 4.89 Å². The minimum absolute atomic E-state index is 0.187. The van der Waals surface area contributed by atoms with Gasteiger partial charge in [0.2, 0.25) is 7.49 Å². The summed E-state index contributed by atoms with van der Waals surface area (Å²) in [5.41, 5.74) is 18.0. The molecule has 11 aromatic rings. The third-order valence-electron chi connectivity index (χ3n) is 15.5. The van der Waals surface area contributed by atoms with Crippen LogP contribution >= 0.6 is 7.49 Å². The first kappa shape index (κ1) is 39.4. The maximum absolute atomic E-state index is 14.1. The topological polar surface area (TPSA) is 28.4 Å². The Balaban J connectivity index is 1.09. The summed E-state index contributed by atoms with van der Waals surface area (Å²) in [6.45, 7) is 4.71. The van der Waals surface area contributed by atoms with Gasteiger partial charge in [0.05, 0.1) is 22.1 Å². The minimum atomic E-state index is -3.21. The molecule has 2 atom stereocenters. The highest BCUT2D eigenvalue weighted by Gasteiger charge is 2.61. The Morgan fingerprint density at radius 3 is 1.78 bits per heavy atom. The second kappa shape index (κ2) is 14.3. The molecule has 10 aromatic carbocycles. The molecule has 14 rings (SSSR count). The number of benzene rings is 10. The molecule has 1 N–H and O–H groups in total. The van der Waals surface area contributed by atoms with Gasteiger partial charge in [0, 0.05) is 44.4 Å². The van der Waals surface area contributed by atoms with Gasteiger partial charge in [-0.3, -0.25) is 0 Å². The van der Waals surface area contributed by atoms with Crippen LogP contribution in [0.4, 0.5) is 17.1 Å². The van der Waals surface area contributed by atoms with Crippen molar-refractivity contribution in [2.75, 3.05) is 4.90 Å². The third kappa shape index (κ3) is 5.15. The number of para-hydroxylation sites is 3. The smallest absolute Gasteiger partial charge is 0.239 e. The largest absolute Gasteiger partial charge is 0.310 e. The molecule has 3 aliphatic rings. The third-order valence-corrected chi connectivity index (χ3v) is 18.7. The van der Waals surface area contributed by atoms with Crippen LogP contribution < -0.4 is 20.8 Å². The van der Waals surface area contributed by atoms with E-state index in [1.807, 2.05) is 6.07 Å². The van der Waals surface area contributed by atoms with Gasteiger partial charge in [0.1, 0.15) is 15.9 Å². The molecule has 1 spiro atoms. The molecule has 322 valence electrons. The number of rotatable bonds is 5. The van der Waals surface area contributed by atoms with Gasteiger partial charge in [-0.05, 0) is 117 Å². The predicted octanol–water partition coefficient (Wildman–Crippen LogP) is 14.4. The fourth-order valence-corrected chi connectivity index (χ4v) is 15.7. The average molecular weight is 890 g/mol. The zero-order valence-corrected chi connectivity index (χ0v) is 38.7. The normalized spacial score (nSPS) is 17.9. The van der Waals surface area contributed by atoms with Crippen LogP contribution in [0.2, 0.25) is 0 Å². The zero-order valence-electron chi connectivity index (χ0n) is 37.8. The van der Waals surface area contributed by atoms with E-state index in [1.54, 1.807) is 0 Å². The van der Waals surface area contributed by atoms with Crippen molar-refractivity contribution in [2.24, 2.45) is 0 Å². The molecule has 3 nitrogen and oxygen atoms in total. The molecule has 2 aliphatic heterocycles. The first-order valence-electron chi connectivity index (χ1n) is 23.6. The van der Waals surface area contributed by atoms with Crippen LogP contribution in [-0.4, -0.2) is 9.46 Å². The van der Waals surface area contributed by atoms with Gasteiger partial charge in [0.25, 0.3) is 0 Å². The fourth-order valence-electron chi connectivity index (χ4n) is 12.5. The second-order valence-electron chi connectivity index (χ2n) is 19.2. The number of hydrogen-bond donors (Lipinski definition) is 1. The lowest BCUT2D eigenvalue weighted by atomic mass is 9.62. The molecule has 0 amide bonds. The monoisotopic (exact) mass is 889 g/mol. The number of hydrogen-bond acceptors (Lipinski definition) is 2. The van der Waals surface area contributed by atoms with Crippen LogP contribution in [0.15, 0.2) is 237 Å². The van der Waals surface area contributed by atoms with E-state index in [4.69, 9.17) is 0 Å². The van der Waals surface area contributed by atoms with Crippen molar-refractivity contribution in [1.29, 1.82) is 0 Å². The SMILES string of the molecule is CC1(C)c2ccccc2-c2ccc(N(c3ccc(-c4ccccc4)cc3)c3ccc4c(c3)C3(c5ccccc5-n5c6ccccc6c6cccc3c65)c3ccccc3[P+]4(O)c3ccccc3)cc21. The highest BCUT2D eigenvalue weighted by atomic mass is 31.2. The van der Waals surface area contributed by atoms with Crippen molar-refractivity contribution in [3.63, 3.8) is 0 Å². The van der Waals surface area contributed by atoms with Crippen molar-refractivity contribution >= 4 is 62.3 Å². The van der Waals surface area contributed by atoms with Crippen molar-refractivity contribution in [2.45, 2.75) is 24.7 Å². The van der Waals surface area contributed by atoms with E-state index < -0.39 is 12.9 Å². The Kier molecular flexibility index (Phi) is 8.31. The molecule has 0 bridgehead atoms. The van der Waals surface area contributed by atoms with Gasteiger partial charge in [-0.1, -0.05) is 178 Å². The maximum atomic E-state index is 14.1. The van der Waals surface area contributed by atoms with Crippen molar-refractivity contribution in [3.05, 3.63) is 270 Å². The zero-order chi connectivity index (χ0) is 45.4. The first-order chi connectivity index (χ1) is 33.4. The second-order valence-corrected chi connectivity index (χ2v) is 21.9. The lowest BCUT2D eigenvalue weighted by Gasteiger charge is -2.46. The summed E-state index contributed by atoms with van der Waals surface area (Å²) in [6, 6.07) is 86.5. The van der Waals surface area contributed by atoms with Gasteiger partial charge >= 0.3 is 0 Å². The Bertz CT molecular complexity index is 3850. The van der Waals surface area contributed by atoms with Crippen LogP contribution in [0.25, 0.3) is 49.7 Å². The lowest BCUT2D eigenvalue weighted by molar-refractivity contribution is 0.626. The highest BCUT2D eigenvalue weighted by molar-refractivity contribution is 7.91. The summed E-state index contributed by atoms with van der Waals surface area (Å²) >= 11 is 0. The summed E-state index contributed by atoms with van der Waals surface area (Å²) < 4.78 is 2.49. The molecular formula is C64H46N2OP+. The molecule has 68 heavy (non-hydrogen) atoms. The number of anilines is 3. The number of aromatic nitrogens is 1. The van der Waals surface area contributed by atoms with E-state index in [9.17, 15) is 4.89 Å².